The lowest BCUT2D eigenvalue weighted by Gasteiger charge is -2.48. The average Bonchev–Trinajstić information content (AvgIpc) is 1.57. The number of aromatic hydroxyl groups is 1. The summed E-state index contributed by atoms with van der Waals surface area (Å²) in [7, 11) is 4.85. The predicted molar refractivity (Wildman–Crippen MR) is 345 cm³/mol. The third-order valence-corrected chi connectivity index (χ3v) is 20.5. The number of aliphatic hydroxyl groups excluding tert-OH is 1. The summed E-state index contributed by atoms with van der Waals surface area (Å²) in [5.74, 6) is -10.4. The number of aromatic nitrogens is 7. The molecule has 100 heavy (non-hydrogen) atoms. The quantitative estimate of drug-likeness (QED) is 0.0535. The first-order chi connectivity index (χ1) is 47.3. The molecule has 1 saturated heterocycles. The minimum absolute atomic E-state index is 0.00561. The van der Waals surface area contributed by atoms with Gasteiger partial charge in [0, 0.05) is 49.8 Å². The lowest BCUT2D eigenvalue weighted by Crippen LogP contribution is -2.62. The summed E-state index contributed by atoms with van der Waals surface area (Å²) in [5.41, 5.74) is -2.82. The number of esters is 2. The molecule has 1 aromatic carbocycles. The molecular formula is C60H57F3N12O20S5. The third-order valence-electron chi connectivity index (χ3n) is 16.0. The number of hydrogen-bond donors (Lipinski definition) is 10. The Kier molecular flexibility index (Phi) is 20.5. The molecule has 0 radical (unpaired) electrons. The fourth-order valence-electron chi connectivity index (χ4n) is 11.5. The molecular weight excluding hydrogens is 1430 g/mol. The van der Waals surface area contributed by atoms with Crippen molar-refractivity contribution in [2.24, 2.45) is 0 Å². The molecule has 40 heteroatoms. The van der Waals surface area contributed by atoms with Gasteiger partial charge in [-0.25, -0.2) is 49.1 Å². The van der Waals surface area contributed by atoms with Gasteiger partial charge in [-0.15, -0.1) is 56.7 Å². The summed E-state index contributed by atoms with van der Waals surface area (Å²) in [4.78, 5) is 139. The first kappa shape index (κ1) is 71.8. The number of likely N-dealkylation sites (N-methyl/N-ethyl adjacent to an activating group) is 1. The number of aliphatic carboxylic acids is 1. The summed E-state index contributed by atoms with van der Waals surface area (Å²) < 4.78 is 69.9. The highest BCUT2D eigenvalue weighted by atomic mass is 32.1. The zero-order valence-corrected chi connectivity index (χ0v) is 57.0. The number of nitrogens with one attached hydrogen (secondary N) is 4. The normalized spacial score (nSPS) is 23.9. The number of carboxylic acids is 2. The fourth-order valence-corrected chi connectivity index (χ4v) is 15.6. The third kappa shape index (κ3) is 14.6. The highest BCUT2D eigenvalue weighted by molar-refractivity contribution is 7.14. The Balaban J connectivity index is 0.00000137. The second-order valence-electron chi connectivity index (χ2n) is 23.1. The standard InChI is InChI=1S/C58H56N12O18S5.C2HF3O2/c1-21(71)37-49(76)67-38(22(2)83-7)52-62-31(19-91-52)48(75)68-41-43-44(88-35-12-58(4,81)45(69(5)6)23(3)87-35)57(80)85-13-24-9-8-10-33-36(24)26(14-84-43)42(70(33)82)56(79)86-15-27(59-46(73)29-18-92-54(41)63-29)51-60-28(16-90-51)39-25(50-61-30(17-89-50)47(74)66-37)11-34(72)40(65-39)53-64-32(20-93-53)55(77)78;3-2(4,5)1(6)7/h8-11,16-21,23,27,35,37,41,43-45,71-72,81-82H,12-15H2,1-7H3,(H,59,73)(H,66,74)(H,67,76)(H,68,75)(H,77,78);(H,6,7)/b38-22+;/t21-,23+,27+,35+,37+,41+,43+,44+,45-,58+;/m1./s1. The number of allylic oxidation sites excluding steroid dienone is 1. The molecule has 12 rings (SSSR count). The van der Waals surface area contributed by atoms with E-state index in [-0.39, 0.29) is 105 Å². The highest BCUT2D eigenvalue weighted by Gasteiger charge is 2.50. The maximum absolute atomic E-state index is 15.1. The molecule has 528 valence electrons. The summed E-state index contributed by atoms with van der Waals surface area (Å²) in [6.07, 6.45) is -12.6. The molecule has 12 bridgehead atoms. The van der Waals surface area contributed by atoms with Gasteiger partial charge in [0.05, 0.1) is 43.1 Å². The number of carboxylic acid groups (broad SMARTS) is 2. The Hall–Kier alpha value is -9.49. The van der Waals surface area contributed by atoms with E-state index in [2.05, 4.69) is 36.2 Å². The summed E-state index contributed by atoms with van der Waals surface area (Å²) in [5, 5.41) is 81.7. The van der Waals surface area contributed by atoms with E-state index in [0.717, 1.165) is 56.7 Å². The molecule has 4 amide bonds. The lowest BCUT2D eigenvalue weighted by atomic mass is 9.85. The van der Waals surface area contributed by atoms with Crippen molar-refractivity contribution in [2.75, 3.05) is 27.8 Å². The van der Waals surface area contributed by atoms with Crippen molar-refractivity contribution in [3.63, 3.8) is 0 Å². The van der Waals surface area contributed by atoms with Gasteiger partial charge >= 0.3 is 30.1 Å². The Bertz CT molecular complexity index is 4600. The van der Waals surface area contributed by atoms with E-state index >= 15 is 9.59 Å². The second-order valence-corrected chi connectivity index (χ2v) is 27.5. The number of alkyl halides is 3. The van der Waals surface area contributed by atoms with Gasteiger partial charge in [-0.2, -0.15) is 17.9 Å². The number of aromatic carboxylic acids is 1. The first-order valence-electron chi connectivity index (χ1n) is 29.5. The zero-order chi connectivity index (χ0) is 72.1. The number of fused-ring (bicyclic) bond motifs is 15. The van der Waals surface area contributed by atoms with Gasteiger partial charge in [-0.3, -0.25) is 19.2 Å². The number of nitrogens with zero attached hydrogens (tertiary/aromatic N) is 8. The Morgan fingerprint density at radius 1 is 0.820 bits per heavy atom. The number of hydrogen-bond acceptors (Lipinski definition) is 30. The summed E-state index contributed by atoms with van der Waals surface area (Å²) in [6, 6.07) is 0.715. The maximum Gasteiger partial charge on any atom is 0.490 e. The van der Waals surface area contributed by atoms with Crippen LogP contribution in [0, 0.1) is 0 Å². The number of carbonyl (C=O) groups is 8. The number of carbonyl (C=O) groups excluding carboxylic acids is 6. The molecule has 32 nitrogen and oxygen atoms in total. The van der Waals surface area contributed by atoms with E-state index in [4.69, 9.17) is 53.3 Å². The number of halogens is 3. The molecule has 4 aliphatic rings. The molecule has 0 spiro atoms. The number of benzene rings is 1. The van der Waals surface area contributed by atoms with Crippen LogP contribution in [0.25, 0.3) is 49.3 Å². The monoisotopic (exact) mass is 1480 g/mol. The van der Waals surface area contributed by atoms with Crippen LogP contribution in [0.3, 0.4) is 0 Å². The van der Waals surface area contributed by atoms with Crippen LogP contribution in [0.1, 0.15) is 125 Å². The van der Waals surface area contributed by atoms with Gasteiger partial charge in [0.1, 0.15) is 114 Å². The lowest BCUT2D eigenvalue weighted by molar-refractivity contribution is -0.280. The molecule has 11 heterocycles. The SMILES string of the molecule is CO/C(C)=C1/NC(=O)[C@H]([C@@H](C)O)NC(=O)c2csc(n2)-c2cc(O)c(-c3nc(C(=O)O)cs3)nc2-c2csc(n2)[C@@H]2COC(=O)c3c4c5c(cccc5n3O)COC(=O)[C@@H](O[C@H]3C[C@](C)(O)[C@H](N(C)C)[C@H](C)O3)[C@@H](OC4)[C@H](NC(=O)c3csc1n3)c1nc(cs1)C(=O)N2.O=C(O)C(F)(F)F. The van der Waals surface area contributed by atoms with Gasteiger partial charge in [0.25, 0.3) is 17.7 Å². The number of methoxy groups -OCH3 is 1. The van der Waals surface area contributed by atoms with Crippen molar-refractivity contribution in [3.05, 3.63) is 112 Å². The number of thiazole rings is 5. The van der Waals surface area contributed by atoms with Crippen LogP contribution in [-0.4, -0.2) is 200 Å². The number of cyclic esters (lactones) is 2. The molecule has 10 atom stereocenters. The van der Waals surface area contributed by atoms with E-state index < -0.39 is 145 Å². The molecule has 4 aliphatic heterocycles. The zero-order valence-electron chi connectivity index (χ0n) is 52.9. The van der Waals surface area contributed by atoms with E-state index in [1.807, 2.05) is 0 Å². The van der Waals surface area contributed by atoms with Crippen molar-refractivity contribution in [3.8, 4) is 38.4 Å². The van der Waals surface area contributed by atoms with Crippen molar-refractivity contribution in [1.82, 2.24) is 60.8 Å². The summed E-state index contributed by atoms with van der Waals surface area (Å²) >= 11 is 4.49. The van der Waals surface area contributed by atoms with E-state index in [1.165, 1.54) is 60.0 Å². The molecule has 0 unspecified atom stereocenters. The number of ether oxygens (including phenoxy) is 6. The largest absolute Gasteiger partial charge is 0.506 e. The summed E-state index contributed by atoms with van der Waals surface area (Å²) in [6.45, 7) is 4.29. The van der Waals surface area contributed by atoms with Crippen LogP contribution in [0.4, 0.5) is 13.2 Å². The number of pyridine rings is 1. The maximum atomic E-state index is 15.1. The van der Waals surface area contributed by atoms with Crippen molar-refractivity contribution >= 4 is 121 Å². The number of amides is 4. The van der Waals surface area contributed by atoms with Crippen LogP contribution in [-0.2, 0) is 56.0 Å². The first-order valence-corrected chi connectivity index (χ1v) is 33.9. The van der Waals surface area contributed by atoms with Gasteiger partial charge in [0.2, 0.25) is 5.91 Å². The smallest absolute Gasteiger partial charge is 0.490 e. The molecule has 10 N–H and O–H groups in total. The van der Waals surface area contributed by atoms with Gasteiger partial charge < -0.3 is 85.3 Å². The second kappa shape index (κ2) is 28.6. The molecule has 0 aliphatic carbocycles. The van der Waals surface area contributed by atoms with E-state index in [1.54, 1.807) is 45.0 Å². The van der Waals surface area contributed by atoms with Gasteiger partial charge in [0.15, 0.2) is 23.8 Å². The number of rotatable bonds is 7. The topological polar surface area (TPSA) is 447 Å². The predicted octanol–water partition coefficient (Wildman–Crippen LogP) is 5.49. The van der Waals surface area contributed by atoms with Crippen LogP contribution in [0.5, 0.6) is 5.75 Å². The molecule has 0 saturated carbocycles. The van der Waals surface area contributed by atoms with Crippen LogP contribution in [0.15, 0.2) is 56.9 Å². The Labute approximate surface area is 581 Å². The van der Waals surface area contributed by atoms with Gasteiger partial charge in [-0.05, 0) is 59.5 Å². The van der Waals surface area contributed by atoms with Crippen molar-refractivity contribution < 1.29 is 111 Å². The Morgan fingerprint density at radius 2 is 1.45 bits per heavy atom. The minimum Gasteiger partial charge on any atom is -0.506 e. The van der Waals surface area contributed by atoms with Gasteiger partial charge in [-0.1, -0.05) is 12.1 Å². The molecule has 7 aromatic heterocycles. The van der Waals surface area contributed by atoms with E-state index in [9.17, 15) is 62.8 Å². The van der Waals surface area contributed by atoms with Crippen molar-refractivity contribution in [1.29, 1.82) is 0 Å². The van der Waals surface area contributed by atoms with Crippen LogP contribution in [0.2, 0.25) is 0 Å². The highest BCUT2D eigenvalue weighted by Crippen LogP contribution is 2.43. The van der Waals surface area contributed by atoms with Crippen LogP contribution >= 0.6 is 56.7 Å². The van der Waals surface area contributed by atoms with E-state index in [0.29, 0.717) is 10.3 Å². The molecule has 8 aromatic rings. The van der Waals surface area contributed by atoms with Crippen molar-refractivity contribution in [2.45, 2.75) is 114 Å². The molecule has 1 fully saturated rings. The average molecular weight is 1480 g/mol. The Morgan fingerprint density at radius 3 is 2.11 bits per heavy atom. The van der Waals surface area contributed by atoms with Crippen LogP contribution < -0.4 is 21.3 Å². The minimum atomic E-state index is -5.08. The number of aliphatic hydroxyl groups is 2. The fraction of sp³-hybridized carbons (Fsp3) is 0.367.